The SMILES string of the molecule is COC1=CC(C)C2CC3OC(=O)CC4C(C)C(O)C(O)C(C2(C)C1=O)C34C. The molecule has 150 valence electrons. The molecule has 4 aliphatic rings. The maximum Gasteiger partial charge on any atom is 0.306 e. The highest BCUT2D eigenvalue weighted by Crippen LogP contribution is 2.68. The molecule has 0 aromatic carbocycles. The molecule has 2 saturated carbocycles. The summed E-state index contributed by atoms with van der Waals surface area (Å²) in [6.07, 6.45) is 0.251. The Morgan fingerprint density at radius 2 is 1.81 bits per heavy atom. The Balaban J connectivity index is 1.92. The van der Waals surface area contributed by atoms with Crippen LogP contribution in [0.1, 0.15) is 40.5 Å². The monoisotopic (exact) mass is 378 g/mol. The number of hydrogen-bond donors (Lipinski definition) is 2. The van der Waals surface area contributed by atoms with Crippen LogP contribution in [0.5, 0.6) is 0 Å². The quantitative estimate of drug-likeness (QED) is 0.675. The molecule has 6 nitrogen and oxygen atoms in total. The zero-order valence-electron chi connectivity index (χ0n) is 16.6. The Kier molecular flexibility index (Phi) is 4.07. The van der Waals surface area contributed by atoms with Gasteiger partial charge in [0.1, 0.15) is 6.10 Å². The van der Waals surface area contributed by atoms with Crippen molar-refractivity contribution in [2.45, 2.75) is 58.8 Å². The van der Waals surface area contributed by atoms with E-state index in [-0.39, 0.29) is 47.9 Å². The number of Topliss-reactive ketones (excluding diaryl/α,β-unsaturated/α-hetero) is 1. The number of fused-ring (bicyclic) bond motifs is 2. The van der Waals surface area contributed by atoms with E-state index in [4.69, 9.17) is 9.47 Å². The first-order chi connectivity index (χ1) is 12.6. The topological polar surface area (TPSA) is 93.1 Å². The van der Waals surface area contributed by atoms with E-state index in [0.29, 0.717) is 12.2 Å². The molecule has 10 unspecified atom stereocenters. The van der Waals surface area contributed by atoms with Crippen molar-refractivity contribution < 1.29 is 29.3 Å². The lowest BCUT2D eigenvalue weighted by molar-refractivity contribution is -0.277. The summed E-state index contributed by atoms with van der Waals surface area (Å²) >= 11 is 0. The maximum atomic E-state index is 13.5. The zero-order chi connectivity index (χ0) is 19.9. The largest absolute Gasteiger partial charge is 0.493 e. The fourth-order valence-corrected chi connectivity index (χ4v) is 7.21. The third kappa shape index (κ3) is 2.14. The summed E-state index contributed by atoms with van der Waals surface area (Å²) in [4.78, 5) is 25.8. The normalized spacial score (nSPS) is 54.4. The first kappa shape index (κ1) is 18.9. The third-order valence-electron chi connectivity index (χ3n) is 8.55. The number of carbonyl (C=O) groups is 2. The Labute approximate surface area is 159 Å². The summed E-state index contributed by atoms with van der Waals surface area (Å²) < 4.78 is 11.2. The summed E-state index contributed by atoms with van der Waals surface area (Å²) in [5, 5.41) is 22.0. The van der Waals surface area contributed by atoms with E-state index in [1.54, 1.807) is 0 Å². The highest BCUT2D eigenvalue weighted by atomic mass is 16.5. The van der Waals surface area contributed by atoms with Gasteiger partial charge in [0.05, 0.1) is 19.3 Å². The number of aliphatic hydroxyl groups excluding tert-OH is 2. The van der Waals surface area contributed by atoms with Crippen LogP contribution >= 0.6 is 0 Å². The molecule has 3 fully saturated rings. The molecule has 6 heteroatoms. The van der Waals surface area contributed by atoms with Crippen LogP contribution < -0.4 is 0 Å². The van der Waals surface area contributed by atoms with Crippen LogP contribution in [0.25, 0.3) is 0 Å². The third-order valence-corrected chi connectivity index (χ3v) is 8.55. The van der Waals surface area contributed by atoms with Gasteiger partial charge in [-0.05, 0) is 36.2 Å². The van der Waals surface area contributed by atoms with Crippen molar-refractivity contribution in [3.63, 3.8) is 0 Å². The summed E-state index contributed by atoms with van der Waals surface area (Å²) in [5.41, 5.74) is -1.45. The van der Waals surface area contributed by atoms with Crippen LogP contribution in [0, 0.1) is 40.4 Å². The van der Waals surface area contributed by atoms with Crippen LogP contribution in [0.2, 0.25) is 0 Å². The number of hydrogen-bond acceptors (Lipinski definition) is 6. The number of ketones is 1. The lowest BCUT2D eigenvalue weighted by Gasteiger charge is -2.68. The van der Waals surface area contributed by atoms with Gasteiger partial charge in [0.25, 0.3) is 0 Å². The minimum Gasteiger partial charge on any atom is -0.493 e. The Bertz CT molecular complexity index is 715. The smallest absolute Gasteiger partial charge is 0.306 e. The molecule has 2 N–H and O–H groups in total. The highest BCUT2D eigenvalue weighted by Gasteiger charge is 2.72. The Hall–Kier alpha value is -1.40. The lowest BCUT2D eigenvalue weighted by Crippen LogP contribution is -2.73. The molecule has 0 bridgehead atoms. The van der Waals surface area contributed by atoms with E-state index in [0.717, 1.165) is 0 Å². The average Bonchev–Trinajstić information content (AvgIpc) is 2.61. The molecule has 0 spiro atoms. The van der Waals surface area contributed by atoms with Crippen molar-refractivity contribution in [2.24, 2.45) is 40.4 Å². The van der Waals surface area contributed by atoms with Gasteiger partial charge in [-0.25, -0.2) is 0 Å². The average molecular weight is 378 g/mol. The van der Waals surface area contributed by atoms with Gasteiger partial charge in [0.15, 0.2) is 5.76 Å². The van der Waals surface area contributed by atoms with E-state index in [2.05, 4.69) is 0 Å². The molecule has 0 radical (unpaired) electrons. The van der Waals surface area contributed by atoms with E-state index in [1.807, 2.05) is 33.8 Å². The number of aliphatic hydroxyl groups is 2. The van der Waals surface area contributed by atoms with Gasteiger partial charge in [-0.15, -0.1) is 0 Å². The van der Waals surface area contributed by atoms with E-state index in [1.165, 1.54) is 7.11 Å². The predicted octanol–water partition coefficient (Wildman–Crippen LogP) is 1.69. The van der Waals surface area contributed by atoms with Gasteiger partial charge in [-0.1, -0.05) is 27.7 Å². The van der Waals surface area contributed by atoms with Gasteiger partial charge < -0.3 is 19.7 Å². The molecule has 3 aliphatic carbocycles. The van der Waals surface area contributed by atoms with Crippen molar-refractivity contribution in [1.82, 2.24) is 0 Å². The molecule has 0 aromatic rings. The van der Waals surface area contributed by atoms with Gasteiger partial charge in [-0.3, -0.25) is 9.59 Å². The lowest BCUT2D eigenvalue weighted by atomic mass is 9.38. The summed E-state index contributed by atoms with van der Waals surface area (Å²) in [7, 11) is 1.49. The standard InChI is InChI=1S/C21H30O6/c1-9-6-13(26-5)19(25)21(4)11(9)7-14-20(3)12(8-15(22)27-14)10(2)16(23)17(24)18(20)21/h6,9-12,14,16-18,23-24H,7-8H2,1-5H3. The molecule has 1 aliphatic heterocycles. The van der Waals surface area contributed by atoms with Crippen molar-refractivity contribution in [3.05, 3.63) is 11.8 Å². The van der Waals surface area contributed by atoms with Crippen molar-refractivity contribution in [3.8, 4) is 0 Å². The zero-order valence-corrected chi connectivity index (χ0v) is 16.6. The summed E-state index contributed by atoms with van der Waals surface area (Å²) in [6, 6.07) is 0. The molecule has 4 rings (SSSR count). The molecule has 10 atom stereocenters. The first-order valence-corrected chi connectivity index (χ1v) is 9.94. The molecule has 1 heterocycles. The van der Waals surface area contributed by atoms with Crippen LogP contribution in [-0.2, 0) is 19.1 Å². The van der Waals surface area contributed by atoms with Crippen molar-refractivity contribution in [2.75, 3.05) is 7.11 Å². The molecule has 0 amide bonds. The molecule has 1 saturated heterocycles. The minimum atomic E-state index is -1.05. The van der Waals surface area contributed by atoms with Crippen LogP contribution in [0.3, 0.4) is 0 Å². The van der Waals surface area contributed by atoms with Crippen molar-refractivity contribution >= 4 is 11.8 Å². The fourth-order valence-electron chi connectivity index (χ4n) is 7.21. The first-order valence-electron chi connectivity index (χ1n) is 9.94. The number of methoxy groups -OCH3 is 1. The number of esters is 1. The van der Waals surface area contributed by atoms with Gasteiger partial charge >= 0.3 is 5.97 Å². The van der Waals surface area contributed by atoms with Crippen LogP contribution in [-0.4, -0.2) is 47.4 Å². The van der Waals surface area contributed by atoms with Gasteiger partial charge in [0.2, 0.25) is 5.78 Å². The maximum absolute atomic E-state index is 13.5. The summed E-state index contributed by atoms with van der Waals surface area (Å²) in [6.45, 7) is 7.87. The molecule has 0 aromatic heterocycles. The predicted molar refractivity (Wildman–Crippen MR) is 96.2 cm³/mol. The van der Waals surface area contributed by atoms with Crippen LogP contribution in [0.15, 0.2) is 11.8 Å². The second kappa shape index (κ2) is 5.80. The minimum absolute atomic E-state index is 0.0370. The number of rotatable bonds is 1. The molecule has 27 heavy (non-hydrogen) atoms. The van der Waals surface area contributed by atoms with Crippen molar-refractivity contribution in [1.29, 1.82) is 0 Å². The number of allylic oxidation sites excluding steroid dienone is 2. The Morgan fingerprint density at radius 3 is 2.44 bits per heavy atom. The molecular weight excluding hydrogens is 348 g/mol. The fraction of sp³-hybridized carbons (Fsp3) is 0.810. The van der Waals surface area contributed by atoms with Gasteiger partial charge in [0, 0.05) is 23.2 Å². The Morgan fingerprint density at radius 1 is 1.15 bits per heavy atom. The van der Waals surface area contributed by atoms with Gasteiger partial charge in [-0.2, -0.15) is 0 Å². The van der Waals surface area contributed by atoms with Crippen LogP contribution in [0.4, 0.5) is 0 Å². The number of carbonyl (C=O) groups excluding carboxylic acids is 2. The molecular formula is C21H30O6. The highest BCUT2D eigenvalue weighted by molar-refractivity contribution is 5.99. The second-order valence-electron chi connectivity index (χ2n) is 9.52. The van der Waals surface area contributed by atoms with E-state index >= 15 is 0 Å². The second-order valence-corrected chi connectivity index (χ2v) is 9.52. The van der Waals surface area contributed by atoms with E-state index in [9.17, 15) is 19.8 Å². The van der Waals surface area contributed by atoms with E-state index < -0.39 is 29.0 Å². The number of ether oxygens (including phenoxy) is 2. The summed E-state index contributed by atoms with van der Waals surface area (Å²) in [5.74, 6) is -0.976.